The largest absolute Gasteiger partial charge is 0.283 e. The van der Waals surface area contributed by atoms with Crippen LogP contribution in [-0.2, 0) is 0 Å². The fourth-order valence-corrected chi connectivity index (χ4v) is 1.91. The standard InChI is InChI=1S/C11H6ClN5O2/c12-10-9-11(14-5-13-10)16(6-15-9)7-1-3-8(4-2-7)17(18)19/h1-6H. The van der Waals surface area contributed by atoms with Gasteiger partial charge in [0.05, 0.1) is 4.92 Å². The molecule has 7 nitrogen and oxygen atoms in total. The summed E-state index contributed by atoms with van der Waals surface area (Å²) < 4.78 is 1.69. The Hall–Kier alpha value is -2.54. The molecule has 0 atom stereocenters. The van der Waals surface area contributed by atoms with E-state index in [-0.39, 0.29) is 10.8 Å². The van der Waals surface area contributed by atoms with Gasteiger partial charge in [0, 0.05) is 17.8 Å². The second-order valence-electron chi connectivity index (χ2n) is 3.72. The number of hydrogen-bond donors (Lipinski definition) is 0. The maximum atomic E-state index is 10.6. The highest BCUT2D eigenvalue weighted by Gasteiger charge is 2.11. The minimum Gasteiger partial charge on any atom is -0.283 e. The van der Waals surface area contributed by atoms with Crippen LogP contribution in [0.25, 0.3) is 16.9 Å². The topological polar surface area (TPSA) is 86.7 Å². The van der Waals surface area contributed by atoms with Gasteiger partial charge in [-0.1, -0.05) is 11.6 Å². The number of hydrogen-bond acceptors (Lipinski definition) is 5. The van der Waals surface area contributed by atoms with Crippen LogP contribution in [0.1, 0.15) is 0 Å². The molecule has 0 aliphatic heterocycles. The van der Waals surface area contributed by atoms with E-state index in [1.165, 1.54) is 18.5 Å². The van der Waals surface area contributed by atoms with E-state index in [1.54, 1.807) is 23.0 Å². The summed E-state index contributed by atoms with van der Waals surface area (Å²) in [5.74, 6) is 0. The smallest absolute Gasteiger partial charge is 0.269 e. The molecule has 0 unspecified atom stereocenters. The highest BCUT2D eigenvalue weighted by molar-refractivity contribution is 6.33. The first-order valence-electron chi connectivity index (χ1n) is 5.25. The van der Waals surface area contributed by atoms with Gasteiger partial charge in [-0.25, -0.2) is 15.0 Å². The van der Waals surface area contributed by atoms with Crippen molar-refractivity contribution < 1.29 is 4.92 Å². The normalized spacial score (nSPS) is 10.8. The van der Waals surface area contributed by atoms with Crippen molar-refractivity contribution in [1.29, 1.82) is 0 Å². The molecule has 3 aromatic rings. The summed E-state index contributed by atoms with van der Waals surface area (Å²) in [6.45, 7) is 0. The molecule has 0 spiro atoms. The summed E-state index contributed by atoms with van der Waals surface area (Å²) in [5, 5.41) is 10.9. The van der Waals surface area contributed by atoms with Crippen molar-refractivity contribution in [2.24, 2.45) is 0 Å². The minimum atomic E-state index is -0.450. The van der Waals surface area contributed by atoms with Crippen LogP contribution in [0.4, 0.5) is 5.69 Å². The van der Waals surface area contributed by atoms with Gasteiger partial charge in [0.1, 0.15) is 18.2 Å². The number of aromatic nitrogens is 4. The van der Waals surface area contributed by atoms with E-state index in [9.17, 15) is 10.1 Å². The van der Waals surface area contributed by atoms with Gasteiger partial charge in [0.15, 0.2) is 10.8 Å². The van der Waals surface area contributed by atoms with Crippen molar-refractivity contribution in [3.05, 3.63) is 52.2 Å². The molecular formula is C11H6ClN5O2. The Morgan fingerprint density at radius 1 is 1.16 bits per heavy atom. The van der Waals surface area contributed by atoms with Crippen molar-refractivity contribution in [2.75, 3.05) is 0 Å². The first-order chi connectivity index (χ1) is 9.16. The molecule has 0 fully saturated rings. The number of benzene rings is 1. The first-order valence-corrected chi connectivity index (χ1v) is 5.63. The van der Waals surface area contributed by atoms with Crippen LogP contribution in [0.2, 0.25) is 5.15 Å². The van der Waals surface area contributed by atoms with Crippen molar-refractivity contribution in [3.63, 3.8) is 0 Å². The quantitative estimate of drug-likeness (QED) is 0.407. The molecular weight excluding hydrogens is 270 g/mol. The fraction of sp³-hybridized carbons (Fsp3) is 0. The lowest BCUT2D eigenvalue weighted by Crippen LogP contribution is -1.95. The third-order valence-electron chi connectivity index (χ3n) is 2.63. The average molecular weight is 276 g/mol. The van der Waals surface area contributed by atoms with Crippen molar-refractivity contribution in [2.45, 2.75) is 0 Å². The molecule has 0 N–H and O–H groups in total. The lowest BCUT2D eigenvalue weighted by atomic mass is 10.3. The molecule has 3 rings (SSSR count). The Morgan fingerprint density at radius 2 is 1.89 bits per heavy atom. The molecule has 8 heteroatoms. The van der Waals surface area contributed by atoms with E-state index in [2.05, 4.69) is 15.0 Å². The third-order valence-corrected chi connectivity index (χ3v) is 2.90. The van der Waals surface area contributed by atoms with Gasteiger partial charge in [-0.15, -0.1) is 0 Å². The summed E-state index contributed by atoms with van der Waals surface area (Å²) >= 11 is 5.91. The Balaban J connectivity index is 2.14. The van der Waals surface area contributed by atoms with Gasteiger partial charge in [0.2, 0.25) is 0 Å². The zero-order valence-corrected chi connectivity index (χ0v) is 10.2. The number of nitro benzene ring substituents is 1. The molecule has 0 saturated carbocycles. The van der Waals surface area contributed by atoms with E-state index < -0.39 is 4.92 Å². The zero-order valence-electron chi connectivity index (χ0n) is 9.39. The summed E-state index contributed by atoms with van der Waals surface area (Å²) in [7, 11) is 0. The Morgan fingerprint density at radius 3 is 2.58 bits per heavy atom. The lowest BCUT2D eigenvalue weighted by Gasteiger charge is -2.02. The van der Waals surface area contributed by atoms with Crippen molar-refractivity contribution >= 4 is 28.5 Å². The number of rotatable bonds is 2. The van der Waals surface area contributed by atoms with Gasteiger partial charge < -0.3 is 0 Å². The van der Waals surface area contributed by atoms with Gasteiger partial charge in [-0.3, -0.25) is 14.7 Å². The Labute approximate surface area is 111 Å². The predicted octanol–water partition coefficient (Wildman–Crippen LogP) is 2.38. The highest BCUT2D eigenvalue weighted by Crippen LogP contribution is 2.22. The van der Waals surface area contributed by atoms with Crippen LogP contribution < -0.4 is 0 Å². The Bertz CT molecular complexity index is 768. The molecule has 0 radical (unpaired) electrons. The Kier molecular flexibility index (Phi) is 2.60. The number of nitrogens with zero attached hydrogens (tertiary/aromatic N) is 5. The van der Waals surface area contributed by atoms with Gasteiger partial charge >= 0.3 is 0 Å². The van der Waals surface area contributed by atoms with Crippen LogP contribution in [0.15, 0.2) is 36.9 Å². The van der Waals surface area contributed by atoms with E-state index >= 15 is 0 Å². The molecule has 19 heavy (non-hydrogen) atoms. The van der Waals surface area contributed by atoms with Crippen molar-refractivity contribution in [1.82, 2.24) is 19.5 Å². The molecule has 0 amide bonds. The van der Waals surface area contributed by atoms with Crippen LogP contribution in [-0.4, -0.2) is 24.4 Å². The summed E-state index contributed by atoms with van der Waals surface area (Å²) in [6, 6.07) is 6.08. The van der Waals surface area contributed by atoms with Crippen LogP contribution in [0, 0.1) is 10.1 Å². The number of halogens is 1. The second kappa shape index (κ2) is 4.29. The second-order valence-corrected chi connectivity index (χ2v) is 4.08. The van der Waals surface area contributed by atoms with E-state index in [4.69, 9.17) is 11.6 Å². The predicted molar refractivity (Wildman–Crippen MR) is 68.3 cm³/mol. The molecule has 1 aromatic carbocycles. The van der Waals surface area contributed by atoms with Crippen LogP contribution in [0.3, 0.4) is 0 Å². The third kappa shape index (κ3) is 1.89. The fourth-order valence-electron chi connectivity index (χ4n) is 1.73. The summed E-state index contributed by atoms with van der Waals surface area (Å²) in [5.41, 5.74) is 1.78. The molecule has 0 aliphatic carbocycles. The van der Waals surface area contributed by atoms with E-state index in [1.807, 2.05) is 0 Å². The SMILES string of the molecule is O=[N+]([O-])c1ccc(-n2cnc3c(Cl)ncnc32)cc1. The summed E-state index contributed by atoms with van der Waals surface area (Å²) in [6.07, 6.45) is 2.89. The first kappa shape index (κ1) is 11.5. The monoisotopic (exact) mass is 275 g/mol. The molecule has 94 valence electrons. The van der Waals surface area contributed by atoms with Crippen LogP contribution in [0.5, 0.6) is 0 Å². The van der Waals surface area contributed by atoms with E-state index in [0.29, 0.717) is 16.9 Å². The zero-order chi connectivity index (χ0) is 13.4. The molecule has 0 aliphatic rings. The number of non-ortho nitro benzene ring substituents is 1. The molecule has 2 heterocycles. The number of nitro groups is 1. The maximum Gasteiger partial charge on any atom is 0.269 e. The molecule has 2 aromatic heterocycles. The minimum absolute atomic E-state index is 0.0285. The number of imidazole rings is 1. The maximum absolute atomic E-state index is 10.6. The lowest BCUT2D eigenvalue weighted by molar-refractivity contribution is -0.384. The van der Waals surface area contributed by atoms with Crippen LogP contribution >= 0.6 is 11.6 Å². The van der Waals surface area contributed by atoms with Gasteiger partial charge in [-0.05, 0) is 12.1 Å². The van der Waals surface area contributed by atoms with E-state index in [0.717, 1.165) is 0 Å². The van der Waals surface area contributed by atoms with Gasteiger partial charge in [0.25, 0.3) is 5.69 Å². The van der Waals surface area contributed by atoms with Crippen molar-refractivity contribution in [3.8, 4) is 5.69 Å². The highest BCUT2D eigenvalue weighted by atomic mass is 35.5. The number of fused-ring (bicyclic) bond motifs is 1. The molecule has 0 saturated heterocycles. The summed E-state index contributed by atoms with van der Waals surface area (Å²) in [4.78, 5) is 22.2. The van der Waals surface area contributed by atoms with Gasteiger partial charge in [-0.2, -0.15) is 0 Å². The average Bonchev–Trinajstić information content (AvgIpc) is 2.84. The molecule has 0 bridgehead atoms.